The van der Waals surface area contributed by atoms with Crippen molar-refractivity contribution < 1.29 is 4.39 Å². The summed E-state index contributed by atoms with van der Waals surface area (Å²) in [4.78, 5) is 15.5. The molecule has 2 N–H and O–H groups in total. The number of hydrogen-bond donors (Lipinski definition) is 2. The van der Waals surface area contributed by atoms with E-state index in [1.54, 1.807) is 19.3 Å². The van der Waals surface area contributed by atoms with Crippen LogP contribution in [0.3, 0.4) is 0 Å². The third kappa shape index (κ3) is 2.83. The van der Waals surface area contributed by atoms with E-state index >= 15 is 0 Å². The predicted octanol–water partition coefficient (Wildman–Crippen LogP) is 1.06. The van der Waals surface area contributed by atoms with Gasteiger partial charge in [0.1, 0.15) is 6.33 Å². The van der Waals surface area contributed by atoms with Crippen molar-refractivity contribution in [1.82, 2.24) is 19.9 Å². The molecule has 6 nitrogen and oxygen atoms in total. The molecule has 88 valence electrons. The van der Waals surface area contributed by atoms with Gasteiger partial charge in [-0.15, -0.1) is 0 Å². The first kappa shape index (κ1) is 11.2. The van der Waals surface area contributed by atoms with Gasteiger partial charge in [-0.1, -0.05) is 0 Å². The topological polar surface area (TPSA) is 75.6 Å². The highest BCUT2D eigenvalue weighted by Crippen LogP contribution is 2.12. The largest absolute Gasteiger partial charge is 0.362 e. The second kappa shape index (κ2) is 5.15. The van der Waals surface area contributed by atoms with Crippen LogP contribution in [0.2, 0.25) is 0 Å². The van der Waals surface area contributed by atoms with Gasteiger partial charge in [0, 0.05) is 13.2 Å². The highest BCUT2D eigenvalue weighted by Gasteiger charge is 2.05. The monoisotopic (exact) mass is 234 g/mol. The molecule has 7 heteroatoms. The maximum atomic E-state index is 13.4. The number of anilines is 2. The van der Waals surface area contributed by atoms with Crippen molar-refractivity contribution in [3.63, 3.8) is 0 Å². The molecular weight excluding hydrogens is 223 g/mol. The summed E-state index contributed by atoms with van der Waals surface area (Å²) in [5.74, 6) is -0.00222. The predicted molar refractivity (Wildman–Crippen MR) is 60.9 cm³/mol. The first-order chi connectivity index (χ1) is 8.29. The second-order valence-corrected chi connectivity index (χ2v) is 3.19. The molecule has 0 radical (unpaired) electrons. The quantitative estimate of drug-likeness (QED) is 0.823. The second-order valence-electron chi connectivity index (χ2n) is 3.19. The lowest BCUT2D eigenvalue weighted by atomic mass is 10.4. The summed E-state index contributed by atoms with van der Waals surface area (Å²) >= 11 is 0. The first-order valence-corrected chi connectivity index (χ1v) is 4.98. The van der Waals surface area contributed by atoms with Crippen molar-refractivity contribution in [2.45, 2.75) is 6.54 Å². The highest BCUT2D eigenvalue weighted by molar-refractivity contribution is 5.40. The summed E-state index contributed by atoms with van der Waals surface area (Å²) in [7, 11) is 1.67. The normalized spacial score (nSPS) is 10.0. The molecule has 0 aromatic carbocycles. The van der Waals surface area contributed by atoms with Gasteiger partial charge in [0.05, 0.1) is 18.4 Å². The van der Waals surface area contributed by atoms with Crippen LogP contribution in [0.5, 0.6) is 0 Å². The Labute approximate surface area is 97.4 Å². The van der Waals surface area contributed by atoms with Crippen LogP contribution in [0.15, 0.2) is 24.8 Å². The molecule has 2 aromatic rings. The Kier molecular flexibility index (Phi) is 3.39. The van der Waals surface area contributed by atoms with Gasteiger partial charge < -0.3 is 10.6 Å². The van der Waals surface area contributed by atoms with E-state index in [0.29, 0.717) is 12.5 Å². The van der Waals surface area contributed by atoms with Gasteiger partial charge in [-0.25, -0.2) is 19.3 Å². The minimum absolute atomic E-state index is 0.142. The summed E-state index contributed by atoms with van der Waals surface area (Å²) in [6.07, 6.45) is 4.17. The van der Waals surface area contributed by atoms with E-state index in [1.165, 1.54) is 6.33 Å². The molecule has 0 bridgehead atoms. The Balaban J connectivity index is 2.08. The Morgan fingerprint density at radius 2 is 2.24 bits per heavy atom. The molecule has 0 aliphatic heterocycles. The van der Waals surface area contributed by atoms with Crippen molar-refractivity contribution >= 4 is 11.8 Å². The van der Waals surface area contributed by atoms with Crippen molar-refractivity contribution in [3.05, 3.63) is 36.3 Å². The average Bonchev–Trinajstić information content (AvgIpc) is 2.39. The maximum Gasteiger partial charge on any atom is 0.224 e. The zero-order chi connectivity index (χ0) is 12.1. The van der Waals surface area contributed by atoms with E-state index in [1.807, 2.05) is 0 Å². The van der Waals surface area contributed by atoms with E-state index in [-0.39, 0.29) is 5.82 Å². The number of aromatic nitrogens is 4. The van der Waals surface area contributed by atoms with E-state index in [2.05, 4.69) is 30.6 Å². The first-order valence-electron chi connectivity index (χ1n) is 4.98. The van der Waals surface area contributed by atoms with Crippen LogP contribution in [0.4, 0.5) is 16.2 Å². The van der Waals surface area contributed by atoms with Crippen LogP contribution < -0.4 is 10.6 Å². The smallest absolute Gasteiger partial charge is 0.224 e. The summed E-state index contributed by atoms with van der Waals surface area (Å²) in [6, 6.07) is 1.74. The zero-order valence-electron chi connectivity index (χ0n) is 9.18. The number of halogens is 1. The lowest BCUT2D eigenvalue weighted by Gasteiger charge is -2.07. The van der Waals surface area contributed by atoms with Gasteiger partial charge in [-0.2, -0.15) is 4.98 Å². The molecule has 0 spiro atoms. The summed E-state index contributed by atoms with van der Waals surface area (Å²) in [5.41, 5.74) is 0.754. The van der Waals surface area contributed by atoms with Crippen LogP contribution in [-0.4, -0.2) is 27.0 Å². The number of hydrogen-bond acceptors (Lipinski definition) is 6. The molecule has 17 heavy (non-hydrogen) atoms. The molecule has 0 fully saturated rings. The Hall–Kier alpha value is -2.31. The van der Waals surface area contributed by atoms with Crippen LogP contribution in [-0.2, 0) is 6.54 Å². The zero-order valence-corrected chi connectivity index (χ0v) is 9.18. The van der Waals surface area contributed by atoms with Gasteiger partial charge in [0.2, 0.25) is 5.95 Å². The van der Waals surface area contributed by atoms with Crippen molar-refractivity contribution in [3.8, 4) is 0 Å². The lowest BCUT2D eigenvalue weighted by Crippen LogP contribution is -2.07. The summed E-state index contributed by atoms with van der Waals surface area (Å²) < 4.78 is 13.4. The van der Waals surface area contributed by atoms with E-state index in [9.17, 15) is 4.39 Å². The number of nitrogens with zero attached hydrogens (tertiary/aromatic N) is 4. The minimum Gasteiger partial charge on any atom is -0.362 e. The molecule has 0 saturated heterocycles. The Bertz CT molecular complexity index is 489. The molecule has 0 unspecified atom stereocenters. The maximum absolute atomic E-state index is 13.4. The molecule has 0 amide bonds. The Morgan fingerprint density at radius 1 is 1.35 bits per heavy atom. The average molecular weight is 234 g/mol. The van der Waals surface area contributed by atoms with Crippen molar-refractivity contribution in [1.29, 1.82) is 0 Å². The van der Waals surface area contributed by atoms with Crippen LogP contribution in [0.25, 0.3) is 0 Å². The lowest BCUT2D eigenvalue weighted by molar-refractivity contribution is 0.617. The van der Waals surface area contributed by atoms with Gasteiger partial charge in [0.15, 0.2) is 11.6 Å². The fraction of sp³-hybridized carbons (Fsp3) is 0.200. The van der Waals surface area contributed by atoms with Gasteiger partial charge in [0.25, 0.3) is 0 Å². The van der Waals surface area contributed by atoms with E-state index < -0.39 is 5.82 Å². The van der Waals surface area contributed by atoms with Crippen LogP contribution in [0.1, 0.15) is 5.69 Å². The summed E-state index contributed by atoms with van der Waals surface area (Å²) in [5, 5.41) is 5.59. The van der Waals surface area contributed by atoms with Crippen LogP contribution >= 0.6 is 0 Å². The number of nitrogens with one attached hydrogen (secondary N) is 2. The highest BCUT2D eigenvalue weighted by atomic mass is 19.1. The molecule has 0 atom stereocenters. The van der Waals surface area contributed by atoms with E-state index in [4.69, 9.17) is 0 Å². The van der Waals surface area contributed by atoms with Crippen molar-refractivity contribution in [2.24, 2.45) is 0 Å². The molecule has 2 heterocycles. The van der Waals surface area contributed by atoms with Gasteiger partial charge >= 0.3 is 0 Å². The Morgan fingerprint density at radius 3 is 2.94 bits per heavy atom. The standard InChI is InChI=1S/C10H11FN6/c1-12-10-15-5-8(11)9(17-10)14-4-7-2-3-13-6-16-7/h2-3,5-6H,4H2,1H3,(H2,12,14,15,17). The third-order valence-corrected chi connectivity index (χ3v) is 2.05. The number of rotatable bonds is 4. The SMILES string of the molecule is CNc1ncc(F)c(NCc2ccncn2)n1. The molecule has 0 saturated carbocycles. The fourth-order valence-corrected chi connectivity index (χ4v) is 1.21. The fourth-order valence-electron chi connectivity index (χ4n) is 1.21. The molecule has 0 aliphatic carbocycles. The molecular formula is C10H11FN6. The third-order valence-electron chi connectivity index (χ3n) is 2.05. The van der Waals surface area contributed by atoms with Crippen LogP contribution in [0, 0.1) is 5.82 Å². The van der Waals surface area contributed by atoms with Gasteiger partial charge in [-0.3, -0.25) is 0 Å². The molecule has 0 aliphatic rings. The van der Waals surface area contributed by atoms with Crippen molar-refractivity contribution in [2.75, 3.05) is 17.7 Å². The summed E-state index contributed by atoms with van der Waals surface area (Å²) in [6.45, 7) is 0.375. The molecule has 2 rings (SSSR count). The minimum atomic E-state index is -0.502. The van der Waals surface area contributed by atoms with E-state index in [0.717, 1.165) is 11.9 Å². The van der Waals surface area contributed by atoms with Gasteiger partial charge in [-0.05, 0) is 6.07 Å². The molecule has 2 aromatic heterocycles.